The molecule has 0 saturated heterocycles. The normalized spacial score (nSPS) is 11.3. The van der Waals surface area contributed by atoms with Gasteiger partial charge < -0.3 is 14.2 Å². The number of nitrogens with zero attached hydrogens (tertiary/aromatic N) is 1. The predicted octanol–water partition coefficient (Wildman–Crippen LogP) is 3.33. The van der Waals surface area contributed by atoms with Crippen LogP contribution in [-0.4, -0.2) is 4.98 Å². The molecule has 0 unspecified atom stereocenters. The van der Waals surface area contributed by atoms with Gasteiger partial charge in [-0.05, 0) is 19.9 Å². The van der Waals surface area contributed by atoms with E-state index >= 15 is 0 Å². The molecule has 0 aliphatic heterocycles. The van der Waals surface area contributed by atoms with Crippen LogP contribution in [0.2, 0.25) is 0 Å². The van der Waals surface area contributed by atoms with Crippen LogP contribution in [0.1, 0.15) is 22.9 Å². The van der Waals surface area contributed by atoms with Crippen molar-refractivity contribution in [1.82, 2.24) is 10.3 Å². The molecular formula is C15H16N2O2. The molecule has 4 heteroatoms. The zero-order chi connectivity index (χ0) is 13.2. The molecule has 3 aromatic rings. The van der Waals surface area contributed by atoms with E-state index in [0.29, 0.717) is 6.54 Å². The van der Waals surface area contributed by atoms with E-state index in [1.54, 1.807) is 6.26 Å². The number of rotatable bonds is 4. The molecule has 0 saturated carbocycles. The van der Waals surface area contributed by atoms with Crippen molar-refractivity contribution in [3.8, 4) is 0 Å². The van der Waals surface area contributed by atoms with Gasteiger partial charge in [0.2, 0.25) is 5.89 Å². The van der Waals surface area contributed by atoms with Crippen molar-refractivity contribution in [1.29, 1.82) is 0 Å². The highest BCUT2D eigenvalue weighted by atomic mass is 16.4. The van der Waals surface area contributed by atoms with E-state index in [2.05, 4.69) is 16.4 Å². The molecule has 2 aromatic heterocycles. The minimum absolute atomic E-state index is 0.619. The zero-order valence-electron chi connectivity index (χ0n) is 11.1. The molecule has 0 bridgehead atoms. The van der Waals surface area contributed by atoms with Crippen molar-refractivity contribution in [2.24, 2.45) is 0 Å². The number of aryl methyl sites for hydroxylation is 2. The maximum atomic E-state index is 5.52. The van der Waals surface area contributed by atoms with Crippen LogP contribution < -0.4 is 5.32 Å². The van der Waals surface area contributed by atoms with Gasteiger partial charge in [-0.2, -0.15) is 0 Å². The fourth-order valence-corrected chi connectivity index (χ4v) is 2.09. The Bertz CT molecular complexity index is 678. The highest BCUT2D eigenvalue weighted by Crippen LogP contribution is 2.20. The van der Waals surface area contributed by atoms with Gasteiger partial charge in [0.05, 0.1) is 18.5 Å². The molecule has 0 atom stereocenters. The maximum absolute atomic E-state index is 5.52. The van der Waals surface area contributed by atoms with Crippen molar-refractivity contribution in [2.75, 3.05) is 0 Å². The summed E-state index contributed by atoms with van der Waals surface area (Å²) in [5, 5.41) is 4.47. The highest BCUT2D eigenvalue weighted by molar-refractivity contribution is 5.80. The standard InChI is InChI=1S/C15H16N2O2/c1-10-11(2)19-15(17-10)8-16-7-12-9-18-14-6-4-3-5-13(12)14/h3-6,9,16H,7-8H2,1-2H3. The van der Waals surface area contributed by atoms with Crippen molar-refractivity contribution in [3.63, 3.8) is 0 Å². The fraction of sp³-hybridized carbons (Fsp3) is 0.267. The van der Waals surface area contributed by atoms with E-state index < -0.39 is 0 Å². The number of hydrogen-bond donors (Lipinski definition) is 1. The molecule has 19 heavy (non-hydrogen) atoms. The first-order valence-electron chi connectivity index (χ1n) is 6.33. The van der Waals surface area contributed by atoms with Crippen LogP contribution in [0.5, 0.6) is 0 Å². The maximum Gasteiger partial charge on any atom is 0.208 e. The van der Waals surface area contributed by atoms with Gasteiger partial charge in [0, 0.05) is 17.5 Å². The molecule has 0 radical (unpaired) electrons. The van der Waals surface area contributed by atoms with E-state index in [9.17, 15) is 0 Å². The van der Waals surface area contributed by atoms with Gasteiger partial charge in [0.15, 0.2) is 0 Å². The summed E-state index contributed by atoms with van der Waals surface area (Å²) in [5.41, 5.74) is 3.02. The third-order valence-corrected chi connectivity index (χ3v) is 3.23. The Morgan fingerprint density at radius 2 is 2.00 bits per heavy atom. The molecule has 1 aromatic carbocycles. The minimum atomic E-state index is 0.619. The summed E-state index contributed by atoms with van der Waals surface area (Å²) in [7, 11) is 0. The number of nitrogens with one attached hydrogen (secondary N) is 1. The third-order valence-electron chi connectivity index (χ3n) is 3.23. The van der Waals surface area contributed by atoms with Crippen molar-refractivity contribution in [3.05, 3.63) is 53.4 Å². The molecule has 0 amide bonds. The van der Waals surface area contributed by atoms with Crippen LogP contribution in [-0.2, 0) is 13.1 Å². The van der Waals surface area contributed by atoms with Gasteiger partial charge in [0.25, 0.3) is 0 Å². The van der Waals surface area contributed by atoms with Crippen molar-refractivity contribution in [2.45, 2.75) is 26.9 Å². The predicted molar refractivity (Wildman–Crippen MR) is 72.7 cm³/mol. The summed E-state index contributed by atoms with van der Waals surface area (Å²) >= 11 is 0. The Morgan fingerprint density at radius 3 is 2.79 bits per heavy atom. The van der Waals surface area contributed by atoms with Crippen LogP contribution in [0.4, 0.5) is 0 Å². The number of fused-ring (bicyclic) bond motifs is 1. The average molecular weight is 256 g/mol. The monoisotopic (exact) mass is 256 g/mol. The molecule has 2 heterocycles. The quantitative estimate of drug-likeness (QED) is 0.778. The van der Waals surface area contributed by atoms with Crippen molar-refractivity contribution >= 4 is 11.0 Å². The molecule has 0 fully saturated rings. The van der Waals surface area contributed by atoms with Gasteiger partial charge in [-0.3, -0.25) is 0 Å². The van der Waals surface area contributed by atoms with Crippen LogP contribution in [0.15, 0.2) is 39.4 Å². The first-order valence-corrected chi connectivity index (χ1v) is 6.33. The molecule has 3 rings (SSSR count). The molecule has 0 aliphatic carbocycles. The lowest BCUT2D eigenvalue weighted by Gasteiger charge is -2.00. The second kappa shape index (κ2) is 4.90. The van der Waals surface area contributed by atoms with Crippen molar-refractivity contribution < 1.29 is 8.83 Å². The second-order valence-corrected chi connectivity index (χ2v) is 4.61. The van der Waals surface area contributed by atoms with Crippen LogP contribution in [0, 0.1) is 13.8 Å². The Kier molecular flexibility index (Phi) is 3.09. The lowest BCUT2D eigenvalue weighted by Crippen LogP contribution is -2.12. The Hall–Kier alpha value is -2.07. The fourth-order valence-electron chi connectivity index (χ4n) is 2.09. The summed E-state index contributed by atoms with van der Waals surface area (Å²) in [5.74, 6) is 1.60. The van der Waals surface area contributed by atoms with E-state index in [1.807, 2.05) is 32.0 Å². The smallest absolute Gasteiger partial charge is 0.208 e. The third kappa shape index (κ3) is 2.39. The van der Waals surface area contributed by atoms with E-state index in [1.165, 1.54) is 0 Å². The number of benzene rings is 1. The molecular weight excluding hydrogens is 240 g/mol. The average Bonchev–Trinajstić information content (AvgIpc) is 2.95. The minimum Gasteiger partial charge on any atom is -0.464 e. The summed E-state index contributed by atoms with van der Waals surface area (Å²) in [4.78, 5) is 4.34. The largest absolute Gasteiger partial charge is 0.464 e. The lowest BCUT2D eigenvalue weighted by atomic mass is 10.2. The van der Waals surface area contributed by atoms with Gasteiger partial charge >= 0.3 is 0 Å². The Morgan fingerprint density at radius 1 is 1.16 bits per heavy atom. The Balaban J connectivity index is 1.66. The SMILES string of the molecule is Cc1nc(CNCc2coc3ccccc23)oc1C. The number of furan rings is 1. The molecule has 4 nitrogen and oxygen atoms in total. The summed E-state index contributed by atoms with van der Waals surface area (Å²) in [6.07, 6.45) is 1.80. The van der Waals surface area contributed by atoms with Gasteiger partial charge in [-0.25, -0.2) is 4.98 Å². The summed E-state index contributed by atoms with van der Waals surface area (Å²) in [6.45, 7) is 5.23. The lowest BCUT2D eigenvalue weighted by molar-refractivity contribution is 0.448. The number of aromatic nitrogens is 1. The Labute approximate surface area is 111 Å². The van der Waals surface area contributed by atoms with Gasteiger partial charge in [-0.1, -0.05) is 18.2 Å². The highest BCUT2D eigenvalue weighted by Gasteiger charge is 2.07. The van der Waals surface area contributed by atoms with Crippen LogP contribution in [0.25, 0.3) is 11.0 Å². The number of oxazole rings is 1. The van der Waals surface area contributed by atoms with E-state index in [0.717, 1.165) is 40.4 Å². The zero-order valence-corrected chi connectivity index (χ0v) is 11.1. The van der Waals surface area contributed by atoms with Crippen LogP contribution in [0.3, 0.4) is 0 Å². The molecule has 0 aliphatic rings. The summed E-state index contributed by atoms with van der Waals surface area (Å²) < 4.78 is 11.0. The number of hydrogen-bond acceptors (Lipinski definition) is 4. The first-order chi connectivity index (χ1) is 9.24. The van der Waals surface area contributed by atoms with Gasteiger partial charge in [-0.15, -0.1) is 0 Å². The molecule has 98 valence electrons. The van der Waals surface area contributed by atoms with E-state index in [4.69, 9.17) is 8.83 Å². The molecule has 1 N–H and O–H groups in total. The van der Waals surface area contributed by atoms with Crippen LogP contribution >= 0.6 is 0 Å². The van der Waals surface area contributed by atoms with E-state index in [-0.39, 0.29) is 0 Å². The topological polar surface area (TPSA) is 51.2 Å². The summed E-state index contributed by atoms with van der Waals surface area (Å²) in [6, 6.07) is 8.03. The van der Waals surface area contributed by atoms with Gasteiger partial charge in [0.1, 0.15) is 11.3 Å². The number of para-hydroxylation sites is 1. The first kappa shape index (κ1) is 12.0. The second-order valence-electron chi connectivity index (χ2n) is 4.61. The molecule has 0 spiro atoms.